The number of hydrogen-bond donors (Lipinski definition) is 1. The van der Waals surface area contributed by atoms with Crippen LogP contribution in [0.25, 0.3) is 28.3 Å². The number of H-pyrrole nitrogens is 1. The molecule has 0 unspecified atom stereocenters. The number of rotatable bonds is 10. The van der Waals surface area contributed by atoms with Crippen LogP contribution in [0.1, 0.15) is 50.1 Å². The molecule has 5 aromatic rings. The summed E-state index contributed by atoms with van der Waals surface area (Å²) in [5.74, 6) is 1.21. The third-order valence-electron chi connectivity index (χ3n) is 6.58. The molecule has 0 aliphatic rings. The number of imidazole rings is 1. The molecular weight excluding hydrogens is 478 g/mol. The minimum atomic E-state index is -0.169. The number of aromatic amines is 1. The van der Waals surface area contributed by atoms with Crippen molar-refractivity contribution in [3.63, 3.8) is 0 Å². The Kier molecular flexibility index (Phi) is 7.26. The summed E-state index contributed by atoms with van der Waals surface area (Å²) in [6, 6.07) is 15.8. The van der Waals surface area contributed by atoms with Crippen molar-refractivity contribution in [2.24, 2.45) is 0 Å². The Balaban J connectivity index is 1.50. The first kappa shape index (κ1) is 24.9. The largest absolute Gasteiger partial charge is 0.334 e. The van der Waals surface area contributed by atoms with E-state index in [1.54, 1.807) is 15.2 Å². The van der Waals surface area contributed by atoms with E-state index in [9.17, 15) is 10.1 Å². The van der Waals surface area contributed by atoms with E-state index in [1.165, 1.54) is 0 Å². The molecule has 0 amide bonds. The van der Waals surface area contributed by atoms with Crippen LogP contribution in [-0.2, 0) is 19.5 Å². The second kappa shape index (κ2) is 11.1. The monoisotopic (exact) mass is 507 g/mol. The number of benzene rings is 1. The fraction of sp³-hybridized carbons (Fsp3) is 0.286. The molecule has 0 aliphatic heterocycles. The second-order valence-electron chi connectivity index (χ2n) is 9.15. The first-order chi connectivity index (χ1) is 18.6. The highest BCUT2D eigenvalue weighted by molar-refractivity contribution is 5.79. The summed E-state index contributed by atoms with van der Waals surface area (Å²) in [7, 11) is 0. The van der Waals surface area contributed by atoms with Crippen LogP contribution in [0.4, 0.5) is 0 Å². The van der Waals surface area contributed by atoms with Gasteiger partial charge in [0.15, 0.2) is 5.82 Å². The Labute approximate surface area is 220 Å². The Morgan fingerprint density at radius 3 is 2.58 bits per heavy atom. The van der Waals surface area contributed by atoms with Gasteiger partial charge < -0.3 is 4.57 Å². The van der Waals surface area contributed by atoms with E-state index in [4.69, 9.17) is 4.98 Å². The van der Waals surface area contributed by atoms with Gasteiger partial charge in [0, 0.05) is 42.0 Å². The smallest absolute Gasteiger partial charge is 0.333 e. The highest BCUT2D eigenvalue weighted by Crippen LogP contribution is 2.29. The van der Waals surface area contributed by atoms with Gasteiger partial charge in [-0.05, 0) is 47.4 Å². The van der Waals surface area contributed by atoms with Crippen LogP contribution in [0.3, 0.4) is 0 Å². The number of nitrogens with zero attached hydrogens (tertiary/aromatic N) is 8. The van der Waals surface area contributed by atoms with Crippen molar-refractivity contribution >= 4 is 0 Å². The fourth-order valence-electron chi connectivity index (χ4n) is 4.70. The van der Waals surface area contributed by atoms with E-state index < -0.39 is 0 Å². The van der Waals surface area contributed by atoms with Crippen LogP contribution in [0.2, 0.25) is 0 Å². The van der Waals surface area contributed by atoms with Gasteiger partial charge in [0.05, 0.1) is 17.8 Å². The van der Waals surface area contributed by atoms with E-state index in [-0.39, 0.29) is 5.69 Å². The molecule has 0 fully saturated rings. The molecule has 1 N–H and O–H groups in total. The lowest BCUT2D eigenvalue weighted by Gasteiger charge is -2.10. The van der Waals surface area contributed by atoms with Crippen molar-refractivity contribution in [1.82, 2.24) is 39.3 Å². The van der Waals surface area contributed by atoms with E-state index in [0.717, 1.165) is 60.3 Å². The number of nitrogens with one attached hydrogen (secondary N) is 1. The third-order valence-corrected chi connectivity index (χ3v) is 6.58. The molecule has 0 spiro atoms. The molecule has 38 heavy (non-hydrogen) atoms. The molecule has 4 heterocycles. The van der Waals surface area contributed by atoms with Crippen molar-refractivity contribution < 1.29 is 0 Å². The van der Waals surface area contributed by atoms with Crippen LogP contribution in [0, 0.1) is 11.3 Å². The highest BCUT2D eigenvalue weighted by atomic mass is 16.1. The van der Waals surface area contributed by atoms with Gasteiger partial charge in [0.2, 0.25) is 0 Å². The van der Waals surface area contributed by atoms with Crippen molar-refractivity contribution in [3.05, 3.63) is 88.5 Å². The van der Waals surface area contributed by atoms with Gasteiger partial charge in [-0.2, -0.15) is 5.26 Å². The highest BCUT2D eigenvalue weighted by Gasteiger charge is 2.19. The summed E-state index contributed by atoms with van der Waals surface area (Å²) in [5, 5.41) is 23.9. The number of aromatic nitrogens is 8. The minimum absolute atomic E-state index is 0.169. The number of hydrogen-bond acceptors (Lipinski definition) is 6. The average molecular weight is 508 g/mol. The van der Waals surface area contributed by atoms with Gasteiger partial charge in [-0.15, -0.1) is 5.10 Å². The second-order valence-corrected chi connectivity index (χ2v) is 9.15. The predicted molar refractivity (Wildman–Crippen MR) is 144 cm³/mol. The number of unbranched alkanes of at least 4 members (excludes halogenated alkanes) is 1. The molecule has 4 aromatic heterocycles. The summed E-state index contributed by atoms with van der Waals surface area (Å²) < 4.78 is 5.37. The van der Waals surface area contributed by atoms with Gasteiger partial charge >= 0.3 is 5.69 Å². The van der Waals surface area contributed by atoms with Crippen LogP contribution >= 0.6 is 0 Å². The number of nitriles is 1. The number of aryl methyl sites for hydroxylation is 2. The molecule has 0 radical (unpaired) electrons. The van der Waals surface area contributed by atoms with Crippen molar-refractivity contribution in [1.29, 1.82) is 5.26 Å². The average Bonchev–Trinajstić information content (AvgIpc) is 3.69. The summed E-state index contributed by atoms with van der Waals surface area (Å²) in [5.41, 5.74) is 4.78. The van der Waals surface area contributed by atoms with E-state index in [2.05, 4.69) is 40.5 Å². The van der Waals surface area contributed by atoms with Gasteiger partial charge in [0.25, 0.3) is 0 Å². The van der Waals surface area contributed by atoms with Crippen molar-refractivity contribution in [3.8, 4) is 34.4 Å². The molecule has 10 heteroatoms. The standard InChI is InChI=1S/C28H29N9O/c1-3-5-8-23-19-37(27-20(16-29)13-15-35(27)14-4-2)28(38)36(23)18-22-12-11-21(17-30-22)24-9-6-7-10-25(24)26-31-33-34-32-26/h6-7,9-13,15,17,19H,3-5,8,14,18H2,1-2H3,(H,31,32,33,34). The molecule has 0 bridgehead atoms. The zero-order chi connectivity index (χ0) is 26.5. The molecule has 192 valence electrons. The molecule has 0 atom stereocenters. The summed E-state index contributed by atoms with van der Waals surface area (Å²) in [6.45, 7) is 5.28. The van der Waals surface area contributed by atoms with Crippen LogP contribution in [0.15, 0.2) is 65.8 Å². The summed E-state index contributed by atoms with van der Waals surface area (Å²) in [6.07, 6.45) is 9.22. The molecule has 1 aromatic carbocycles. The van der Waals surface area contributed by atoms with Crippen LogP contribution in [0.5, 0.6) is 0 Å². The third kappa shape index (κ3) is 4.78. The topological polar surface area (TPSA) is 123 Å². The molecule has 10 nitrogen and oxygen atoms in total. The van der Waals surface area contributed by atoms with E-state index in [0.29, 0.717) is 23.8 Å². The molecular formula is C28H29N9O. The van der Waals surface area contributed by atoms with E-state index >= 15 is 0 Å². The lowest BCUT2D eigenvalue weighted by molar-refractivity contribution is 0.641. The normalized spacial score (nSPS) is 11.1. The maximum Gasteiger partial charge on any atom is 0.334 e. The van der Waals surface area contributed by atoms with Gasteiger partial charge in [-0.1, -0.05) is 50.6 Å². The van der Waals surface area contributed by atoms with Crippen LogP contribution in [-0.4, -0.2) is 39.3 Å². The molecule has 0 aliphatic carbocycles. The predicted octanol–water partition coefficient (Wildman–Crippen LogP) is 4.36. The number of pyridine rings is 1. The SMILES string of the molecule is CCCCc1cn(-c2c(C#N)ccn2CCC)c(=O)n1Cc1ccc(-c2ccccc2-c2nnn[nH]2)cn1. The molecule has 0 saturated heterocycles. The van der Waals surface area contributed by atoms with E-state index in [1.807, 2.05) is 59.6 Å². The van der Waals surface area contributed by atoms with Gasteiger partial charge in [-0.25, -0.2) is 9.89 Å². The lowest BCUT2D eigenvalue weighted by atomic mass is 10.0. The maximum absolute atomic E-state index is 13.7. The Morgan fingerprint density at radius 1 is 1.05 bits per heavy atom. The fourth-order valence-corrected chi connectivity index (χ4v) is 4.70. The zero-order valence-corrected chi connectivity index (χ0v) is 21.5. The first-order valence-electron chi connectivity index (χ1n) is 12.8. The zero-order valence-electron chi connectivity index (χ0n) is 21.5. The molecule has 5 rings (SSSR count). The Morgan fingerprint density at radius 2 is 1.89 bits per heavy atom. The number of tetrazole rings is 1. The van der Waals surface area contributed by atoms with Crippen molar-refractivity contribution in [2.45, 2.75) is 52.6 Å². The first-order valence-corrected chi connectivity index (χ1v) is 12.8. The quantitative estimate of drug-likeness (QED) is 0.300. The maximum atomic E-state index is 13.7. The van der Waals surface area contributed by atoms with Gasteiger partial charge in [0.1, 0.15) is 11.9 Å². The van der Waals surface area contributed by atoms with Gasteiger partial charge in [-0.3, -0.25) is 14.1 Å². The Bertz CT molecular complexity index is 1620. The Hall–Kier alpha value is -4.78. The summed E-state index contributed by atoms with van der Waals surface area (Å²) >= 11 is 0. The summed E-state index contributed by atoms with van der Waals surface area (Å²) in [4.78, 5) is 18.4. The minimum Gasteiger partial charge on any atom is -0.333 e. The lowest BCUT2D eigenvalue weighted by Crippen LogP contribution is -2.26. The van der Waals surface area contributed by atoms with Crippen LogP contribution < -0.4 is 5.69 Å². The van der Waals surface area contributed by atoms with Crippen molar-refractivity contribution in [2.75, 3.05) is 0 Å². The molecule has 0 saturated carbocycles.